The van der Waals surface area contributed by atoms with E-state index < -0.39 is 18.4 Å². The van der Waals surface area contributed by atoms with Crippen molar-refractivity contribution in [2.24, 2.45) is 22.2 Å². The van der Waals surface area contributed by atoms with Gasteiger partial charge in [0.25, 0.3) is 0 Å². The molecule has 6 fully saturated rings. The minimum atomic E-state index is -4.48. The Morgan fingerprint density at radius 2 is 1.73 bits per heavy atom. The lowest BCUT2D eigenvalue weighted by Crippen LogP contribution is -2.64. The Hall–Kier alpha value is -2.94. The third-order valence-corrected chi connectivity index (χ3v) is 17.4. The Labute approximate surface area is 373 Å². The molecule has 2 aliphatic carbocycles. The van der Waals surface area contributed by atoms with E-state index in [9.17, 15) is 18.0 Å². The van der Waals surface area contributed by atoms with E-state index in [1.165, 1.54) is 12.0 Å². The molecule has 9 atom stereocenters. The summed E-state index contributed by atoms with van der Waals surface area (Å²) in [7, 11) is 0. The summed E-state index contributed by atoms with van der Waals surface area (Å²) < 4.78 is 50.1. The maximum atomic E-state index is 14.7. The molecule has 5 heterocycles. The molecule has 2 aromatic carbocycles. The van der Waals surface area contributed by atoms with Crippen LogP contribution in [0.1, 0.15) is 120 Å². The second-order valence-corrected chi connectivity index (χ2v) is 21.1. The van der Waals surface area contributed by atoms with Crippen LogP contribution in [0.5, 0.6) is 5.75 Å². The molecule has 9 rings (SSSR count). The number of rotatable bonds is 7. The first kappa shape index (κ1) is 44.3. The number of amides is 1. The molecule has 1 spiro atoms. The summed E-state index contributed by atoms with van der Waals surface area (Å²) in [5.74, 6) is 1.21. The molecule has 2 saturated carbocycles. The van der Waals surface area contributed by atoms with Crippen molar-refractivity contribution in [1.82, 2.24) is 36.8 Å². The predicted octanol–water partition coefficient (Wildman–Crippen LogP) is 7.57. The highest BCUT2D eigenvalue weighted by Crippen LogP contribution is 2.51. The van der Waals surface area contributed by atoms with Crippen molar-refractivity contribution in [3.63, 3.8) is 0 Å². The summed E-state index contributed by atoms with van der Waals surface area (Å²) in [6.45, 7) is 8.38. The number of likely N-dealkylation sites (tertiary alicyclic amines) is 1. The molecule has 62 heavy (non-hydrogen) atoms. The van der Waals surface area contributed by atoms with Gasteiger partial charge in [0, 0.05) is 35.5 Å². The van der Waals surface area contributed by atoms with Gasteiger partial charge in [0.05, 0.1) is 34.4 Å². The van der Waals surface area contributed by atoms with Crippen LogP contribution in [0.3, 0.4) is 0 Å². The summed E-state index contributed by atoms with van der Waals surface area (Å²) in [5.41, 5.74) is 16.3. The molecular formula is C46H61ClF3N9O2S. The zero-order valence-electron chi connectivity index (χ0n) is 35.9. The van der Waals surface area contributed by atoms with E-state index in [0.29, 0.717) is 33.2 Å². The molecule has 16 heteroatoms. The Kier molecular flexibility index (Phi) is 13.0. The van der Waals surface area contributed by atoms with Crippen LogP contribution < -0.4 is 31.8 Å². The summed E-state index contributed by atoms with van der Waals surface area (Å²) in [6.07, 6.45) is 6.52. The van der Waals surface area contributed by atoms with Gasteiger partial charge in [-0.15, -0.1) is 11.8 Å². The van der Waals surface area contributed by atoms with Gasteiger partial charge in [0.15, 0.2) is 6.04 Å². The van der Waals surface area contributed by atoms with Gasteiger partial charge in [-0.2, -0.15) is 18.4 Å². The lowest BCUT2D eigenvalue weighted by molar-refractivity contribution is -0.161. The van der Waals surface area contributed by atoms with Crippen molar-refractivity contribution in [2.75, 3.05) is 13.1 Å². The average Bonchev–Trinajstić information content (AvgIpc) is 3.73. The number of thioether (sulfide) groups is 1. The van der Waals surface area contributed by atoms with Crippen LogP contribution in [0, 0.1) is 28.6 Å². The molecule has 4 saturated heterocycles. The van der Waals surface area contributed by atoms with E-state index in [2.05, 4.69) is 69.0 Å². The minimum Gasteiger partial charge on any atom is -0.490 e. The second-order valence-electron chi connectivity index (χ2n) is 19.2. The lowest BCUT2D eigenvalue weighted by atomic mass is 9.65. The average molecular weight is 897 g/mol. The van der Waals surface area contributed by atoms with Crippen LogP contribution in [0.15, 0.2) is 47.5 Å². The fourth-order valence-electron chi connectivity index (χ4n) is 11.7. The number of aliphatic imine (C=N–C) groups is 1. The number of nitrogens with zero attached hydrogens (tertiary/aromatic N) is 4. The Balaban J connectivity index is 0.758. The van der Waals surface area contributed by atoms with Crippen molar-refractivity contribution in [3.05, 3.63) is 64.2 Å². The molecule has 9 unspecified atom stereocenters. The van der Waals surface area contributed by atoms with Gasteiger partial charge < -0.3 is 10.1 Å². The van der Waals surface area contributed by atoms with Gasteiger partial charge >= 0.3 is 6.18 Å². The van der Waals surface area contributed by atoms with Crippen LogP contribution in [-0.2, 0) is 4.79 Å². The standard InChI is InChI=1S/C46H61ClF3N9O2S/c1-26-27(2)62-44-39(26)40(53-41(46(48,49)50)42-57-54-28(3)59(42)44)31-7-5-29(6-8-31)30-17-20-45(21-18-30)19-4-22-58(25-45)38-16-15-37(55-56-38)43(60)52-33-10-13-34(14-11-33)61-35-12-9-32(24-51)36(47)23-35/h5-9,12,23,26-28,30,33-34,37-39,41-42,44,54-57H,4,10-11,13-22,25H2,1-3H3,(H,52,60). The zero-order chi connectivity index (χ0) is 43.3. The number of carbonyl (C=O) groups is 1. The quantitative estimate of drug-likeness (QED) is 0.190. The number of alkyl halides is 3. The maximum absolute atomic E-state index is 14.7. The van der Waals surface area contributed by atoms with E-state index >= 15 is 0 Å². The first-order valence-electron chi connectivity index (χ1n) is 22.9. The minimum absolute atomic E-state index is 0.0454. The summed E-state index contributed by atoms with van der Waals surface area (Å²) in [5, 5.41) is 13.0. The van der Waals surface area contributed by atoms with Crippen LogP contribution in [0.25, 0.3) is 0 Å². The van der Waals surface area contributed by atoms with E-state index in [0.717, 1.165) is 89.3 Å². The summed E-state index contributed by atoms with van der Waals surface area (Å²) >= 11 is 7.96. The highest BCUT2D eigenvalue weighted by molar-refractivity contribution is 8.00. The molecular weight excluding hydrogens is 835 g/mol. The van der Waals surface area contributed by atoms with Gasteiger partial charge in [-0.1, -0.05) is 49.7 Å². The molecule has 5 N–H and O–H groups in total. The number of nitriles is 1. The number of hydrogen-bond acceptors (Lipinski definition) is 11. The molecule has 1 amide bonds. The molecule has 2 aromatic rings. The molecule has 336 valence electrons. The molecule has 7 aliphatic rings. The van der Waals surface area contributed by atoms with E-state index in [1.54, 1.807) is 30.0 Å². The van der Waals surface area contributed by atoms with E-state index in [4.69, 9.17) is 21.6 Å². The van der Waals surface area contributed by atoms with Crippen molar-refractivity contribution >= 4 is 35.0 Å². The molecule has 0 bridgehead atoms. The number of carbonyl (C=O) groups excluding carboxylic acids is 1. The van der Waals surface area contributed by atoms with Crippen molar-refractivity contribution in [1.29, 1.82) is 5.26 Å². The number of nitrogens with one attached hydrogen (secondary N) is 5. The normalized spacial score (nSPS) is 38.1. The van der Waals surface area contributed by atoms with Gasteiger partial charge in [0.1, 0.15) is 24.0 Å². The monoisotopic (exact) mass is 895 g/mol. The Morgan fingerprint density at radius 1 is 0.968 bits per heavy atom. The van der Waals surface area contributed by atoms with Crippen molar-refractivity contribution < 1.29 is 22.7 Å². The fraction of sp³-hybridized carbons (Fsp3) is 0.674. The number of benzene rings is 2. The van der Waals surface area contributed by atoms with Crippen LogP contribution >= 0.6 is 23.4 Å². The lowest BCUT2D eigenvalue weighted by Gasteiger charge is -2.50. The summed E-state index contributed by atoms with van der Waals surface area (Å²) in [4.78, 5) is 22.5. The Morgan fingerprint density at radius 3 is 2.40 bits per heavy atom. The van der Waals surface area contributed by atoms with Crippen molar-refractivity contribution in [2.45, 2.75) is 163 Å². The summed E-state index contributed by atoms with van der Waals surface area (Å²) in [6, 6.07) is 13.6. The van der Waals surface area contributed by atoms with Gasteiger partial charge in [0.2, 0.25) is 5.91 Å². The molecule has 11 nitrogen and oxygen atoms in total. The topological polar surface area (TPSA) is 129 Å². The first-order valence-corrected chi connectivity index (χ1v) is 24.2. The maximum Gasteiger partial charge on any atom is 0.413 e. The number of ether oxygens (including phenoxy) is 1. The highest BCUT2D eigenvalue weighted by atomic mass is 35.5. The second kappa shape index (κ2) is 18.1. The van der Waals surface area contributed by atoms with Crippen LogP contribution in [-0.4, -0.2) is 94.0 Å². The molecule has 0 aromatic heterocycles. The fourth-order valence-corrected chi connectivity index (χ4v) is 13.8. The number of fused-ring (bicyclic) bond motifs is 3. The van der Waals surface area contributed by atoms with Crippen molar-refractivity contribution in [3.8, 4) is 11.8 Å². The highest BCUT2D eigenvalue weighted by Gasteiger charge is 2.58. The van der Waals surface area contributed by atoms with Gasteiger partial charge in [-0.05, 0) is 131 Å². The molecule has 5 aliphatic heterocycles. The third kappa shape index (κ3) is 9.01. The smallest absolute Gasteiger partial charge is 0.413 e. The number of hydrogen-bond donors (Lipinski definition) is 5. The van der Waals surface area contributed by atoms with Crippen LogP contribution in [0.4, 0.5) is 13.2 Å². The first-order chi connectivity index (χ1) is 29.8. The van der Waals surface area contributed by atoms with Gasteiger partial charge in [-0.25, -0.2) is 21.7 Å². The SMILES string of the molecule is CC1SC2C(C(c3ccc(C4CCC5(CCCN(C6CCC(C(=O)NC7CCC(Oc8ccc(C#N)c(Cl)c8)CC7)NN6)C5)CC4)cc3)=NC(C(F)(F)F)C3NNC(C)N32)C1C. The molecule has 0 radical (unpaired) electrons. The Bertz CT molecular complexity index is 2000. The third-order valence-electron chi connectivity index (χ3n) is 15.4. The van der Waals surface area contributed by atoms with Crippen LogP contribution in [0.2, 0.25) is 5.02 Å². The zero-order valence-corrected chi connectivity index (χ0v) is 37.5. The number of piperidine rings is 1. The predicted molar refractivity (Wildman–Crippen MR) is 236 cm³/mol. The number of hydrazine groups is 2. The largest absolute Gasteiger partial charge is 0.490 e. The number of halogens is 4. The van der Waals surface area contributed by atoms with E-state index in [1.807, 2.05) is 24.0 Å². The van der Waals surface area contributed by atoms with Gasteiger partial charge in [-0.3, -0.25) is 19.6 Å². The van der Waals surface area contributed by atoms with E-state index in [-0.39, 0.29) is 59.1 Å².